The smallest absolute Gasteiger partial charge is 0.125 e. The van der Waals surface area contributed by atoms with Crippen LogP contribution in [0.1, 0.15) is 30.0 Å². The molecule has 0 amide bonds. The number of aryl methyl sites for hydroxylation is 1. The number of hydrogen-bond acceptors (Lipinski definition) is 3. The number of hydrogen-bond donors (Lipinski definition) is 1. The minimum Gasteiger partial charge on any atom is -0.464 e. The fourth-order valence-corrected chi connectivity index (χ4v) is 3.24. The number of thiophene rings is 1. The summed E-state index contributed by atoms with van der Waals surface area (Å²) < 4.78 is 6.92. The maximum Gasteiger partial charge on any atom is 0.125 e. The second-order valence-corrected chi connectivity index (χ2v) is 5.15. The van der Waals surface area contributed by atoms with E-state index in [1.165, 1.54) is 5.56 Å². The van der Waals surface area contributed by atoms with E-state index < -0.39 is 0 Å². The summed E-state index contributed by atoms with van der Waals surface area (Å²) in [5, 5.41) is 7.51. The van der Waals surface area contributed by atoms with Crippen LogP contribution >= 0.6 is 27.3 Å². The first-order valence-corrected chi connectivity index (χ1v) is 6.97. The average Bonchev–Trinajstić information content (AvgIpc) is 2.90. The van der Waals surface area contributed by atoms with E-state index in [0.717, 1.165) is 22.4 Å². The molecule has 0 aliphatic rings. The summed E-state index contributed by atoms with van der Waals surface area (Å²) >= 11 is 5.25. The van der Waals surface area contributed by atoms with Gasteiger partial charge in [0.25, 0.3) is 0 Å². The van der Waals surface area contributed by atoms with Gasteiger partial charge in [0.1, 0.15) is 11.5 Å². The summed E-state index contributed by atoms with van der Waals surface area (Å²) in [5.41, 5.74) is 1.23. The predicted octanol–water partition coefficient (Wildman–Crippen LogP) is 3.97. The van der Waals surface area contributed by atoms with Gasteiger partial charge in [-0.05, 0) is 40.5 Å². The molecular formula is C12H14BrNOS. The molecule has 2 rings (SSSR count). The molecule has 2 aromatic heterocycles. The Kier molecular flexibility index (Phi) is 3.84. The third-order valence-electron chi connectivity index (χ3n) is 2.56. The molecule has 0 saturated heterocycles. The van der Waals surface area contributed by atoms with Gasteiger partial charge in [0, 0.05) is 21.8 Å². The Balaban J connectivity index is 2.32. The molecule has 0 saturated carbocycles. The molecule has 0 fully saturated rings. The van der Waals surface area contributed by atoms with Gasteiger partial charge in [-0.3, -0.25) is 0 Å². The molecule has 2 aromatic rings. The van der Waals surface area contributed by atoms with Crippen molar-refractivity contribution in [3.05, 3.63) is 44.4 Å². The number of halogens is 1. The van der Waals surface area contributed by atoms with E-state index in [9.17, 15) is 0 Å². The molecule has 0 aliphatic heterocycles. The minimum atomic E-state index is 0.126. The highest BCUT2D eigenvalue weighted by Gasteiger charge is 2.18. The van der Waals surface area contributed by atoms with Gasteiger partial charge in [-0.1, -0.05) is 6.92 Å². The van der Waals surface area contributed by atoms with E-state index in [2.05, 4.69) is 38.9 Å². The SMILES string of the molecule is CCc1ccc(C(NC)c2cscc2Br)o1. The molecule has 86 valence electrons. The van der Waals surface area contributed by atoms with Crippen molar-refractivity contribution >= 4 is 27.3 Å². The number of rotatable bonds is 4. The standard InChI is InChI=1S/C12H14BrNOS/c1-3-8-4-5-11(15-8)12(14-2)9-6-16-7-10(9)13/h4-7,12,14H,3H2,1-2H3. The maximum absolute atomic E-state index is 5.79. The van der Waals surface area contributed by atoms with Crippen LogP contribution in [-0.4, -0.2) is 7.05 Å². The van der Waals surface area contributed by atoms with E-state index in [1.54, 1.807) is 11.3 Å². The molecular weight excluding hydrogens is 286 g/mol. The lowest BCUT2D eigenvalue weighted by Gasteiger charge is -2.12. The number of furan rings is 1. The molecule has 0 radical (unpaired) electrons. The van der Waals surface area contributed by atoms with Gasteiger partial charge in [0.05, 0.1) is 6.04 Å². The van der Waals surface area contributed by atoms with E-state index in [-0.39, 0.29) is 6.04 Å². The molecule has 0 aliphatic carbocycles. The van der Waals surface area contributed by atoms with Crippen LogP contribution in [0.15, 0.2) is 31.8 Å². The van der Waals surface area contributed by atoms with Gasteiger partial charge >= 0.3 is 0 Å². The van der Waals surface area contributed by atoms with Crippen LogP contribution in [0, 0.1) is 0 Å². The molecule has 0 bridgehead atoms. The predicted molar refractivity (Wildman–Crippen MR) is 71.0 cm³/mol. The fraction of sp³-hybridized carbons (Fsp3) is 0.333. The van der Waals surface area contributed by atoms with Gasteiger partial charge in [-0.15, -0.1) is 0 Å². The Morgan fingerprint density at radius 2 is 2.25 bits per heavy atom. The van der Waals surface area contributed by atoms with Crippen molar-refractivity contribution in [2.75, 3.05) is 7.05 Å². The minimum absolute atomic E-state index is 0.126. The Labute approximate surface area is 108 Å². The lowest BCUT2D eigenvalue weighted by Crippen LogP contribution is -2.16. The van der Waals surface area contributed by atoms with Gasteiger partial charge < -0.3 is 9.73 Å². The first-order valence-electron chi connectivity index (χ1n) is 5.23. The normalized spacial score (nSPS) is 12.9. The lowest BCUT2D eigenvalue weighted by atomic mass is 10.1. The van der Waals surface area contributed by atoms with Gasteiger partial charge in [0.2, 0.25) is 0 Å². The van der Waals surface area contributed by atoms with Crippen molar-refractivity contribution in [3.8, 4) is 0 Å². The van der Waals surface area contributed by atoms with Crippen LogP contribution < -0.4 is 5.32 Å². The van der Waals surface area contributed by atoms with Gasteiger partial charge in [-0.25, -0.2) is 0 Å². The lowest BCUT2D eigenvalue weighted by molar-refractivity contribution is 0.434. The Bertz CT molecular complexity index is 463. The summed E-state index contributed by atoms with van der Waals surface area (Å²) in [5.74, 6) is 2.00. The van der Waals surface area contributed by atoms with Gasteiger partial charge in [0.15, 0.2) is 0 Å². The molecule has 1 atom stereocenters. The van der Waals surface area contributed by atoms with Crippen molar-refractivity contribution < 1.29 is 4.42 Å². The van der Waals surface area contributed by atoms with E-state index in [4.69, 9.17) is 4.42 Å². The zero-order valence-electron chi connectivity index (χ0n) is 9.29. The van der Waals surface area contributed by atoms with Crippen LogP contribution in [0.2, 0.25) is 0 Å². The van der Waals surface area contributed by atoms with Crippen LogP contribution in [-0.2, 0) is 6.42 Å². The summed E-state index contributed by atoms with van der Waals surface area (Å²) in [4.78, 5) is 0. The van der Waals surface area contributed by atoms with Crippen LogP contribution in [0.4, 0.5) is 0 Å². The monoisotopic (exact) mass is 299 g/mol. The van der Waals surface area contributed by atoms with E-state index >= 15 is 0 Å². The fourth-order valence-electron chi connectivity index (χ4n) is 1.69. The van der Waals surface area contributed by atoms with Crippen LogP contribution in [0.5, 0.6) is 0 Å². The van der Waals surface area contributed by atoms with Crippen molar-refractivity contribution in [3.63, 3.8) is 0 Å². The second kappa shape index (κ2) is 5.17. The third kappa shape index (κ3) is 2.24. The Hall–Kier alpha value is -0.580. The van der Waals surface area contributed by atoms with E-state index in [1.807, 2.05) is 19.2 Å². The molecule has 2 nitrogen and oxygen atoms in total. The summed E-state index contributed by atoms with van der Waals surface area (Å²) in [6, 6.07) is 4.21. The molecule has 1 unspecified atom stereocenters. The Morgan fingerprint density at radius 3 is 2.75 bits per heavy atom. The highest BCUT2D eigenvalue weighted by molar-refractivity contribution is 9.10. The Morgan fingerprint density at radius 1 is 1.44 bits per heavy atom. The number of nitrogens with one attached hydrogen (secondary N) is 1. The van der Waals surface area contributed by atoms with Crippen molar-refractivity contribution in [1.29, 1.82) is 0 Å². The van der Waals surface area contributed by atoms with Gasteiger partial charge in [-0.2, -0.15) is 11.3 Å². The summed E-state index contributed by atoms with van der Waals surface area (Å²) in [7, 11) is 1.95. The topological polar surface area (TPSA) is 25.2 Å². The summed E-state index contributed by atoms with van der Waals surface area (Å²) in [6.45, 7) is 2.09. The maximum atomic E-state index is 5.79. The van der Waals surface area contributed by atoms with E-state index in [0.29, 0.717) is 0 Å². The molecule has 1 N–H and O–H groups in total. The second-order valence-electron chi connectivity index (χ2n) is 3.55. The van der Waals surface area contributed by atoms with Crippen molar-refractivity contribution in [2.45, 2.75) is 19.4 Å². The van der Waals surface area contributed by atoms with Crippen molar-refractivity contribution in [1.82, 2.24) is 5.32 Å². The highest BCUT2D eigenvalue weighted by Crippen LogP contribution is 2.32. The van der Waals surface area contributed by atoms with Crippen LogP contribution in [0.25, 0.3) is 0 Å². The summed E-state index contributed by atoms with van der Waals surface area (Å²) in [6.07, 6.45) is 0.932. The molecule has 0 aromatic carbocycles. The van der Waals surface area contributed by atoms with Crippen molar-refractivity contribution in [2.24, 2.45) is 0 Å². The zero-order chi connectivity index (χ0) is 11.5. The molecule has 4 heteroatoms. The zero-order valence-corrected chi connectivity index (χ0v) is 11.7. The first-order chi connectivity index (χ1) is 7.76. The third-order valence-corrected chi connectivity index (χ3v) is 4.31. The average molecular weight is 300 g/mol. The highest BCUT2D eigenvalue weighted by atomic mass is 79.9. The first kappa shape index (κ1) is 11.9. The quantitative estimate of drug-likeness (QED) is 0.924. The van der Waals surface area contributed by atoms with Crippen LogP contribution in [0.3, 0.4) is 0 Å². The largest absolute Gasteiger partial charge is 0.464 e. The molecule has 2 heterocycles. The molecule has 0 spiro atoms. The molecule has 16 heavy (non-hydrogen) atoms.